The molecule has 6 nitrogen and oxygen atoms in total. The van der Waals surface area contributed by atoms with Crippen molar-refractivity contribution in [3.63, 3.8) is 0 Å². The van der Waals surface area contributed by atoms with E-state index in [2.05, 4.69) is 44.8 Å². The number of imidazole rings is 1. The van der Waals surface area contributed by atoms with Crippen LogP contribution in [0.25, 0.3) is 23.0 Å². The number of nitrogen functional groups attached to an aromatic ring is 1. The van der Waals surface area contributed by atoms with Crippen molar-refractivity contribution in [2.24, 2.45) is 0 Å². The molecule has 0 spiro atoms. The number of nitrogens with zero attached hydrogens (tertiary/aromatic N) is 3. The summed E-state index contributed by atoms with van der Waals surface area (Å²) in [5.74, 6) is 2.09. The van der Waals surface area contributed by atoms with Crippen LogP contribution in [0.2, 0.25) is 0 Å². The zero-order valence-electron chi connectivity index (χ0n) is 16.8. The van der Waals surface area contributed by atoms with E-state index in [1.165, 1.54) is 18.4 Å². The number of nitrogens with two attached hydrogens (primary N) is 1. The van der Waals surface area contributed by atoms with Crippen molar-refractivity contribution >= 4 is 17.4 Å². The zero-order chi connectivity index (χ0) is 19.5. The fourth-order valence-electron chi connectivity index (χ4n) is 4.29. The molecule has 4 rings (SSSR count). The minimum Gasteiger partial charge on any atom is -0.382 e. The number of anilines is 1. The average molecular weight is 379 g/mol. The third-order valence-corrected chi connectivity index (χ3v) is 5.69. The Morgan fingerprint density at radius 3 is 2.79 bits per heavy atom. The predicted octanol–water partition coefficient (Wildman–Crippen LogP) is 4.15. The summed E-state index contributed by atoms with van der Waals surface area (Å²) in [6, 6.07) is 2.20. The Hall–Kier alpha value is -2.60. The monoisotopic (exact) mass is 378 g/mol. The third-order valence-electron chi connectivity index (χ3n) is 5.69. The Morgan fingerprint density at radius 2 is 2.07 bits per heavy atom. The lowest BCUT2D eigenvalue weighted by molar-refractivity contribution is 0.452. The van der Waals surface area contributed by atoms with Gasteiger partial charge in [0.1, 0.15) is 22.9 Å². The van der Waals surface area contributed by atoms with Gasteiger partial charge < -0.3 is 16.0 Å². The van der Waals surface area contributed by atoms with Crippen LogP contribution >= 0.6 is 0 Å². The highest BCUT2D eigenvalue weighted by molar-refractivity contribution is 5.85. The van der Waals surface area contributed by atoms with Crippen molar-refractivity contribution < 1.29 is 0 Å². The molecule has 28 heavy (non-hydrogen) atoms. The minimum absolute atomic E-state index is 0.445. The van der Waals surface area contributed by atoms with Gasteiger partial charge in [-0.05, 0) is 69.8 Å². The number of aromatic amines is 1. The molecular weight excluding hydrogens is 348 g/mol. The van der Waals surface area contributed by atoms with Gasteiger partial charge in [-0.1, -0.05) is 13.0 Å². The Balaban J connectivity index is 1.85. The topological polar surface area (TPSA) is 84.0 Å². The van der Waals surface area contributed by atoms with E-state index < -0.39 is 0 Å². The standard InChI is InChI=1S/C22H30N6/c1-3-7-17-15(4-2)14-18(26-17)19-20-21(23)25-12-13-28(20)22(27-19)16-8-5-10-24-11-6-9-16/h3,7,12-14,16,24,26H,4-6,8-11H2,1-2H3,(H2,23,25)/b7-3-. The van der Waals surface area contributed by atoms with E-state index in [0.717, 1.165) is 60.8 Å². The number of fused-ring (bicyclic) bond motifs is 1. The van der Waals surface area contributed by atoms with E-state index in [0.29, 0.717) is 11.7 Å². The van der Waals surface area contributed by atoms with Crippen LogP contribution in [0.3, 0.4) is 0 Å². The van der Waals surface area contributed by atoms with E-state index in [9.17, 15) is 0 Å². The number of rotatable bonds is 4. The second-order valence-corrected chi connectivity index (χ2v) is 7.56. The van der Waals surface area contributed by atoms with Gasteiger partial charge in [-0.2, -0.15) is 0 Å². The van der Waals surface area contributed by atoms with Gasteiger partial charge in [0, 0.05) is 24.0 Å². The number of nitrogens with one attached hydrogen (secondary N) is 2. The van der Waals surface area contributed by atoms with Crippen molar-refractivity contribution in [3.05, 3.63) is 41.6 Å². The van der Waals surface area contributed by atoms with E-state index in [4.69, 9.17) is 10.7 Å². The van der Waals surface area contributed by atoms with Crippen LogP contribution in [-0.4, -0.2) is 32.4 Å². The summed E-state index contributed by atoms with van der Waals surface area (Å²) in [6.45, 7) is 6.38. The minimum atomic E-state index is 0.445. The van der Waals surface area contributed by atoms with Gasteiger partial charge >= 0.3 is 0 Å². The summed E-state index contributed by atoms with van der Waals surface area (Å²) in [4.78, 5) is 13.0. The number of allylic oxidation sites excluding steroid dienone is 1. The molecule has 4 heterocycles. The summed E-state index contributed by atoms with van der Waals surface area (Å²) < 4.78 is 2.17. The molecule has 0 unspecified atom stereocenters. The predicted molar refractivity (Wildman–Crippen MR) is 115 cm³/mol. The van der Waals surface area contributed by atoms with Crippen LogP contribution < -0.4 is 11.1 Å². The van der Waals surface area contributed by atoms with Crippen LogP contribution in [0.4, 0.5) is 5.82 Å². The van der Waals surface area contributed by atoms with Crippen molar-refractivity contribution in [3.8, 4) is 11.4 Å². The number of H-pyrrole nitrogens is 1. The van der Waals surface area contributed by atoms with Crippen LogP contribution in [0.1, 0.15) is 62.5 Å². The van der Waals surface area contributed by atoms with E-state index in [1.807, 2.05) is 13.1 Å². The largest absolute Gasteiger partial charge is 0.382 e. The second-order valence-electron chi connectivity index (χ2n) is 7.56. The second kappa shape index (κ2) is 8.19. The van der Waals surface area contributed by atoms with Gasteiger partial charge in [0.15, 0.2) is 0 Å². The first-order valence-electron chi connectivity index (χ1n) is 10.4. The Bertz CT molecular complexity index is 972. The van der Waals surface area contributed by atoms with Crippen molar-refractivity contribution in [1.82, 2.24) is 24.7 Å². The number of aromatic nitrogens is 4. The maximum atomic E-state index is 6.32. The molecule has 0 radical (unpaired) electrons. The number of hydrogen-bond acceptors (Lipinski definition) is 4. The molecule has 1 aliphatic heterocycles. The molecule has 148 valence electrons. The molecule has 3 aromatic rings. The lowest BCUT2D eigenvalue weighted by Gasteiger charge is -2.19. The highest BCUT2D eigenvalue weighted by Gasteiger charge is 2.24. The van der Waals surface area contributed by atoms with Gasteiger partial charge in [0.05, 0.1) is 5.69 Å². The number of hydrogen-bond donors (Lipinski definition) is 3. The quantitative estimate of drug-likeness (QED) is 0.637. The molecule has 1 aliphatic rings. The van der Waals surface area contributed by atoms with Crippen molar-refractivity contribution in [1.29, 1.82) is 0 Å². The summed E-state index contributed by atoms with van der Waals surface area (Å²) >= 11 is 0. The summed E-state index contributed by atoms with van der Waals surface area (Å²) in [5.41, 5.74) is 11.6. The van der Waals surface area contributed by atoms with Gasteiger partial charge in [0.2, 0.25) is 0 Å². The lowest BCUT2D eigenvalue weighted by Crippen LogP contribution is -2.21. The first-order valence-corrected chi connectivity index (χ1v) is 10.4. The summed E-state index contributed by atoms with van der Waals surface area (Å²) in [7, 11) is 0. The normalized spacial score (nSPS) is 16.6. The molecule has 6 heteroatoms. The van der Waals surface area contributed by atoms with Crippen LogP contribution in [-0.2, 0) is 6.42 Å². The molecule has 4 N–H and O–H groups in total. The van der Waals surface area contributed by atoms with Crippen molar-refractivity contribution in [2.75, 3.05) is 18.8 Å². The molecule has 0 aromatic carbocycles. The molecule has 0 atom stereocenters. The molecule has 3 aromatic heterocycles. The first-order chi connectivity index (χ1) is 13.7. The smallest absolute Gasteiger partial charge is 0.150 e. The summed E-state index contributed by atoms with van der Waals surface area (Å²) in [6.07, 6.45) is 13.6. The van der Waals surface area contributed by atoms with Crippen LogP contribution in [0, 0.1) is 0 Å². The van der Waals surface area contributed by atoms with Gasteiger partial charge in [-0.15, -0.1) is 0 Å². The van der Waals surface area contributed by atoms with Crippen molar-refractivity contribution in [2.45, 2.75) is 51.9 Å². The zero-order valence-corrected chi connectivity index (χ0v) is 16.8. The summed E-state index contributed by atoms with van der Waals surface area (Å²) in [5, 5.41) is 3.50. The number of aryl methyl sites for hydroxylation is 1. The molecule has 0 bridgehead atoms. The fourth-order valence-corrected chi connectivity index (χ4v) is 4.29. The molecule has 0 saturated carbocycles. The highest BCUT2D eigenvalue weighted by Crippen LogP contribution is 2.34. The van der Waals surface area contributed by atoms with Gasteiger partial charge in [-0.25, -0.2) is 9.97 Å². The molecular formula is C22H30N6. The first kappa shape index (κ1) is 18.7. The Morgan fingerprint density at radius 1 is 1.29 bits per heavy atom. The van der Waals surface area contributed by atoms with Crippen LogP contribution in [0.15, 0.2) is 24.5 Å². The lowest BCUT2D eigenvalue weighted by atomic mass is 9.95. The van der Waals surface area contributed by atoms with Gasteiger partial charge in [-0.3, -0.25) is 4.40 Å². The maximum absolute atomic E-state index is 6.32. The van der Waals surface area contributed by atoms with E-state index in [-0.39, 0.29) is 0 Å². The average Bonchev–Trinajstić information content (AvgIpc) is 3.24. The Labute approximate surface area is 166 Å². The molecule has 1 fully saturated rings. The fraction of sp³-hybridized carbons (Fsp3) is 0.455. The van der Waals surface area contributed by atoms with E-state index in [1.54, 1.807) is 6.20 Å². The maximum Gasteiger partial charge on any atom is 0.150 e. The molecule has 0 aliphatic carbocycles. The van der Waals surface area contributed by atoms with Crippen LogP contribution in [0.5, 0.6) is 0 Å². The SMILES string of the molecule is C/C=C\c1[nH]c(-c2nc(C3CCCNCCC3)n3ccnc(N)c23)cc1CC. The third kappa shape index (κ3) is 3.44. The van der Waals surface area contributed by atoms with E-state index >= 15 is 0 Å². The highest BCUT2D eigenvalue weighted by atomic mass is 15.1. The Kier molecular flexibility index (Phi) is 5.48. The van der Waals surface area contributed by atoms with Gasteiger partial charge in [0.25, 0.3) is 0 Å². The molecule has 0 amide bonds. The molecule has 1 saturated heterocycles.